The van der Waals surface area contributed by atoms with E-state index < -0.39 is 6.09 Å². The van der Waals surface area contributed by atoms with Crippen molar-refractivity contribution in [2.45, 2.75) is 24.9 Å². The molecule has 82 valence electrons. The molecule has 1 aromatic rings. The Labute approximate surface area is 92.5 Å². The van der Waals surface area contributed by atoms with Crippen LogP contribution in [0.1, 0.15) is 30.4 Å². The average Bonchev–Trinajstić information content (AvgIpc) is 2.77. The van der Waals surface area contributed by atoms with E-state index in [4.69, 9.17) is 11.5 Å². The van der Waals surface area contributed by atoms with E-state index in [2.05, 4.69) is 15.9 Å². The third-order valence-corrected chi connectivity index (χ3v) is 3.39. The first-order valence-electron chi connectivity index (χ1n) is 5.23. The van der Waals surface area contributed by atoms with Gasteiger partial charge in [-0.1, -0.05) is 5.92 Å². The Morgan fingerprint density at radius 2 is 2.50 bits per heavy atom. The molecule has 2 aliphatic rings. The number of nitrogens with one attached hydrogen (secondary N) is 1. The van der Waals surface area contributed by atoms with Gasteiger partial charge in [0.05, 0.1) is 12.2 Å². The van der Waals surface area contributed by atoms with Gasteiger partial charge in [-0.25, -0.2) is 9.78 Å². The molecule has 5 nitrogen and oxygen atoms in total. The maximum Gasteiger partial charge on any atom is 0.408 e. The van der Waals surface area contributed by atoms with Crippen molar-refractivity contribution in [2.24, 2.45) is 5.92 Å². The van der Waals surface area contributed by atoms with Gasteiger partial charge in [-0.15, -0.1) is 6.42 Å². The number of imidazole rings is 1. The number of amides is 1. The van der Waals surface area contributed by atoms with Crippen LogP contribution >= 0.6 is 0 Å². The van der Waals surface area contributed by atoms with Gasteiger partial charge in [-0.2, -0.15) is 0 Å². The predicted molar refractivity (Wildman–Crippen MR) is 55.6 cm³/mol. The van der Waals surface area contributed by atoms with Crippen LogP contribution in [0.2, 0.25) is 0 Å². The number of hydrogen-bond acceptors (Lipinski definition) is 2. The van der Waals surface area contributed by atoms with Crippen LogP contribution in [0.15, 0.2) is 6.20 Å². The number of carboxylic acid groups (broad SMARTS) is 1. The molecule has 0 spiro atoms. The van der Waals surface area contributed by atoms with E-state index in [0.29, 0.717) is 17.4 Å². The van der Waals surface area contributed by atoms with Gasteiger partial charge < -0.3 is 10.1 Å². The zero-order valence-electron chi connectivity index (χ0n) is 8.55. The summed E-state index contributed by atoms with van der Waals surface area (Å²) < 4.78 is 0. The van der Waals surface area contributed by atoms with E-state index in [1.807, 2.05) is 0 Å². The molecule has 3 rings (SSSR count). The zero-order chi connectivity index (χ0) is 11.3. The topological polar surface area (TPSA) is 69.2 Å². The highest BCUT2D eigenvalue weighted by Gasteiger charge is 2.55. The summed E-state index contributed by atoms with van der Waals surface area (Å²) in [5.74, 6) is 3.64. The second-order valence-corrected chi connectivity index (χ2v) is 4.33. The van der Waals surface area contributed by atoms with Crippen molar-refractivity contribution in [3.63, 3.8) is 0 Å². The highest BCUT2D eigenvalue weighted by molar-refractivity contribution is 5.67. The molecule has 1 aromatic heterocycles. The Bertz CT molecular complexity index is 488. The van der Waals surface area contributed by atoms with Gasteiger partial charge in [0.1, 0.15) is 11.5 Å². The SMILES string of the molecule is C#Cc1cnc([C@@H]2C[C@H]3C[C@H]3N2C(=O)O)[nH]1. The molecule has 2 heterocycles. The molecule has 1 saturated carbocycles. The van der Waals surface area contributed by atoms with Crippen molar-refractivity contribution in [1.29, 1.82) is 0 Å². The van der Waals surface area contributed by atoms with Crippen LogP contribution in [0.25, 0.3) is 0 Å². The van der Waals surface area contributed by atoms with Gasteiger partial charge in [-0.3, -0.25) is 4.90 Å². The van der Waals surface area contributed by atoms with Crippen LogP contribution in [0.3, 0.4) is 0 Å². The molecule has 16 heavy (non-hydrogen) atoms. The van der Waals surface area contributed by atoms with Gasteiger partial charge >= 0.3 is 6.09 Å². The van der Waals surface area contributed by atoms with E-state index >= 15 is 0 Å². The van der Waals surface area contributed by atoms with Gasteiger partial charge in [0.2, 0.25) is 0 Å². The zero-order valence-corrected chi connectivity index (χ0v) is 8.55. The fourth-order valence-corrected chi connectivity index (χ4v) is 2.55. The average molecular weight is 217 g/mol. The molecule has 0 aromatic carbocycles. The minimum atomic E-state index is -0.867. The van der Waals surface area contributed by atoms with E-state index in [1.165, 1.54) is 4.90 Å². The highest BCUT2D eigenvalue weighted by atomic mass is 16.4. The molecule has 1 aliphatic heterocycles. The third-order valence-electron chi connectivity index (χ3n) is 3.39. The minimum absolute atomic E-state index is 0.150. The maximum absolute atomic E-state index is 11.1. The number of terminal acetylenes is 1. The number of hydrogen-bond donors (Lipinski definition) is 2. The summed E-state index contributed by atoms with van der Waals surface area (Å²) in [4.78, 5) is 19.8. The molecule has 1 saturated heterocycles. The number of likely N-dealkylation sites (tertiary alicyclic amines) is 1. The number of carbonyl (C=O) groups is 1. The molecule has 2 fully saturated rings. The first-order valence-corrected chi connectivity index (χ1v) is 5.23. The Balaban J connectivity index is 1.90. The number of fused-ring (bicyclic) bond motifs is 1. The first-order chi connectivity index (χ1) is 7.70. The number of aromatic nitrogens is 2. The van der Waals surface area contributed by atoms with E-state index in [9.17, 15) is 4.79 Å². The van der Waals surface area contributed by atoms with Crippen molar-refractivity contribution >= 4 is 6.09 Å². The van der Waals surface area contributed by atoms with Gasteiger partial charge in [0.15, 0.2) is 0 Å². The Hall–Kier alpha value is -1.96. The standard InChI is InChI=1S/C11H11N3O2/c1-2-7-5-12-10(13-7)9-4-6-3-8(6)14(9)11(15)16/h1,5-6,8-9H,3-4H2,(H,12,13)(H,15,16)/t6-,8-,9+/m1/s1. The Morgan fingerprint density at radius 3 is 3.12 bits per heavy atom. The third kappa shape index (κ3) is 1.20. The summed E-state index contributed by atoms with van der Waals surface area (Å²) >= 11 is 0. The van der Waals surface area contributed by atoms with Crippen LogP contribution in [-0.2, 0) is 0 Å². The largest absolute Gasteiger partial charge is 0.465 e. The van der Waals surface area contributed by atoms with Crippen molar-refractivity contribution in [3.05, 3.63) is 17.7 Å². The van der Waals surface area contributed by atoms with E-state index in [1.54, 1.807) is 6.20 Å². The lowest BCUT2D eigenvalue weighted by Crippen LogP contribution is -2.32. The Morgan fingerprint density at radius 1 is 1.69 bits per heavy atom. The normalized spacial score (nSPS) is 30.9. The van der Waals surface area contributed by atoms with Crippen LogP contribution in [-0.4, -0.2) is 32.1 Å². The number of piperidine rings is 1. The van der Waals surface area contributed by atoms with Gasteiger partial charge in [0.25, 0.3) is 0 Å². The van der Waals surface area contributed by atoms with Crippen molar-refractivity contribution < 1.29 is 9.90 Å². The monoisotopic (exact) mass is 217 g/mol. The number of nitrogens with zero attached hydrogens (tertiary/aromatic N) is 2. The summed E-state index contributed by atoms with van der Waals surface area (Å²) in [5, 5.41) is 9.15. The summed E-state index contributed by atoms with van der Waals surface area (Å²) in [5.41, 5.74) is 0.598. The molecular formula is C11H11N3O2. The van der Waals surface area contributed by atoms with Crippen LogP contribution in [0.5, 0.6) is 0 Å². The summed E-state index contributed by atoms with van der Waals surface area (Å²) in [6.07, 6.45) is 7.79. The number of H-pyrrole nitrogens is 1. The van der Waals surface area contributed by atoms with E-state index in [-0.39, 0.29) is 12.1 Å². The molecular weight excluding hydrogens is 206 g/mol. The lowest BCUT2D eigenvalue weighted by Gasteiger charge is -2.22. The maximum atomic E-state index is 11.1. The molecule has 1 amide bonds. The first kappa shape index (κ1) is 9.28. The minimum Gasteiger partial charge on any atom is -0.465 e. The Kier molecular flexibility index (Phi) is 1.75. The quantitative estimate of drug-likeness (QED) is 0.694. The number of aromatic amines is 1. The van der Waals surface area contributed by atoms with Crippen molar-refractivity contribution in [2.75, 3.05) is 0 Å². The van der Waals surface area contributed by atoms with Crippen molar-refractivity contribution in [3.8, 4) is 12.3 Å². The molecule has 1 aliphatic carbocycles. The molecule has 0 unspecified atom stereocenters. The van der Waals surface area contributed by atoms with Gasteiger partial charge in [-0.05, 0) is 18.8 Å². The highest BCUT2D eigenvalue weighted by Crippen LogP contribution is 2.52. The molecule has 3 atom stereocenters. The van der Waals surface area contributed by atoms with Gasteiger partial charge in [0, 0.05) is 6.04 Å². The second-order valence-electron chi connectivity index (χ2n) is 4.33. The second kappa shape index (κ2) is 3.01. The molecule has 5 heteroatoms. The van der Waals surface area contributed by atoms with Crippen LogP contribution in [0.4, 0.5) is 4.79 Å². The smallest absolute Gasteiger partial charge is 0.408 e. The summed E-state index contributed by atoms with van der Waals surface area (Å²) in [7, 11) is 0. The lowest BCUT2D eigenvalue weighted by atomic mass is 10.1. The number of rotatable bonds is 1. The van der Waals surface area contributed by atoms with Crippen molar-refractivity contribution in [1.82, 2.24) is 14.9 Å². The van der Waals surface area contributed by atoms with Crippen LogP contribution in [0, 0.1) is 18.3 Å². The fourth-order valence-electron chi connectivity index (χ4n) is 2.55. The fraction of sp³-hybridized carbons (Fsp3) is 0.455. The van der Waals surface area contributed by atoms with Crippen LogP contribution < -0.4 is 0 Å². The molecule has 0 radical (unpaired) electrons. The predicted octanol–water partition coefficient (Wildman–Crippen LogP) is 1.20. The molecule has 2 N–H and O–H groups in total. The summed E-state index contributed by atoms with van der Waals surface area (Å²) in [6.45, 7) is 0. The summed E-state index contributed by atoms with van der Waals surface area (Å²) in [6, 6.07) is 0.0465. The van der Waals surface area contributed by atoms with E-state index in [0.717, 1.165) is 12.8 Å². The molecule has 0 bridgehead atoms. The lowest BCUT2D eigenvalue weighted by molar-refractivity contribution is 0.128.